The van der Waals surface area contributed by atoms with Crippen molar-refractivity contribution in [2.75, 3.05) is 6.54 Å². The Bertz CT molecular complexity index is 224. The largest absolute Gasteiger partial charge is 0.444 e. The number of hydrogen-bond acceptors (Lipinski definition) is 3. The molecule has 2 rings (SSSR count). The fourth-order valence-corrected chi connectivity index (χ4v) is 1.70. The highest BCUT2D eigenvalue weighted by molar-refractivity contribution is 5.93. The number of amides is 1. The molecule has 1 amide bonds. The van der Waals surface area contributed by atoms with Crippen molar-refractivity contribution in [2.45, 2.75) is 25.5 Å². The highest BCUT2D eigenvalue weighted by Crippen LogP contribution is 2.25. The molecule has 2 saturated heterocycles. The van der Waals surface area contributed by atoms with Crippen LogP contribution >= 0.6 is 0 Å². The molecule has 2 aliphatic rings. The van der Waals surface area contributed by atoms with Crippen molar-refractivity contribution in [2.24, 2.45) is 0 Å². The summed E-state index contributed by atoms with van der Waals surface area (Å²) in [5, 5.41) is 0. The molecule has 0 N–H and O–H groups in total. The van der Waals surface area contributed by atoms with Crippen LogP contribution in [0.3, 0.4) is 0 Å². The summed E-state index contributed by atoms with van der Waals surface area (Å²) < 4.78 is 4.86. The Morgan fingerprint density at radius 3 is 2.91 bits per heavy atom. The molecule has 4 heteroatoms. The molecule has 2 aliphatic heterocycles. The van der Waals surface area contributed by atoms with E-state index in [1.807, 2.05) is 0 Å². The standard InChI is InChI=1S/C7H9NO3/c1-4-6-5(9)2-3-8(6)7(10)11-4/h4,6H,2-3H2,1H3. The van der Waals surface area contributed by atoms with E-state index in [0.29, 0.717) is 13.0 Å². The van der Waals surface area contributed by atoms with Gasteiger partial charge < -0.3 is 4.74 Å². The fraction of sp³-hybridized carbons (Fsp3) is 0.714. The van der Waals surface area contributed by atoms with E-state index < -0.39 is 0 Å². The van der Waals surface area contributed by atoms with E-state index in [0.717, 1.165) is 0 Å². The molecule has 0 spiro atoms. The Balaban J connectivity index is 2.28. The molecule has 0 aromatic rings. The van der Waals surface area contributed by atoms with Gasteiger partial charge >= 0.3 is 6.09 Å². The Labute approximate surface area is 64.1 Å². The molecule has 2 heterocycles. The third kappa shape index (κ3) is 0.751. The first-order chi connectivity index (χ1) is 5.20. The maximum atomic E-state index is 11.1. The van der Waals surface area contributed by atoms with Gasteiger partial charge in [-0.2, -0.15) is 0 Å². The highest BCUT2D eigenvalue weighted by atomic mass is 16.6. The van der Waals surface area contributed by atoms with Crippen LogP contribution in [0, 0.1) is 0 Å². The van der Waals surface area contributed by atoms with Crippen LogP contribution < -0.4 is 0 Å². The quantitative estimate of drug-likeness (QED) is 0.501. The first-order valence-electron chi connectivity index (χ1n) is 3.70. The van der Waals surface area contributed by atoms with Crippen LogP contribution in [0.15, 0.2) is 0 Å². The number of cyclic esters (lactones) is 1. The van der Waals surface area contributed by atoms with Crippen molar-refractivity contribution in [1.29, 1.82) is 0 Å². The highest BCUT2D eigenvalue weighted by Gasteiger charge is 2.47. The summed E-state index contributed by atoms with van der Waals surface area (Å²) in [6, 6.07) is -0.289. The second-order valence-electron chi connectivity index (χ2n) is 2.94. The maximum absolute atomic E-state index is 11.1. The Hall–Kier alpha value is -1.06. The molecule has 0 aromatic carbocycles. The molecular weight excluding hydrogens is 146 g/mol. The zero-order valence-corrected chi connectivity index (χ0v) is 6.24. The first kappa shape index (κ1) is 6.64. The average molecular weight is 155 g/mol. The van der Waals surface area contributed by atoms with Gasteiger partial charge in [0.15, 0.2) is 5.78 Å². The third-order valence-electron chi connectivity index (χ3n) is 2.23. The van der Waals surface area contributed by atoms with Crippen molar-refractivity contribution in [3.63, 3.8) is 0 Å². The van der Waals surface area contributed by atoms with E-state index in [4.69, 9.17) is 4.74 Å². The van der Waals surface area contributed by atoms with Crippen LogP contribution in [-0.2, 0) is 9.53 Å². The van der Waals surface area contributed by atoms with Crippen LogP contribution in [0.5, 0.6) is 0 Å². The van der Waals surface area contributed by atoms with Gasteiger partial charge in [0.2, 0.25) is 0 Å². The van der Waals surface area contributed by atoms with Crippen LogP contribution in [0.1, 0.15) is 13.3 Å². The number of ether oxygens (including phenoxy) is 1. The van der Waals surface area contributed by atoms with Gasteiger partial charge in [-0.15, -0.1) is 0 Å². The van der Waals surface area contributed by atoms with Crippen LogP contribution in [-0.4, -0.2) is 35.5 Å². The van der Waals surface area contributed by atoms with E-state index in [1.54, 1.807) is 6.92 Å². The van der Waals surface area contributed by atoms with Crippen molar-refractivity contribution in [1.82, 2.24) is 4.90 Å². The number of hydrogen-bond donors (Lipinski definition) is 0. The molecular formula is C7H9NO3. The number of carbonyl (C=O) groups is 2. The summed E-state index contributed by atoms with van der Waals surface area (Å²) in [6.45, 7) is 2.29. The minimum absolute atomic E-state index is 0.128. The molecule has 4 nitrogen and oxygen atoms in total. The van der Waals surface area contributed by atoms with Gasteiger partial charge in [0, 0.05) is 13.0 Å². The Morgan fingerprint density at radius 2 is 2.27 bits per heavy atom. The molecule has 2 unspecified atom stereocenters. The number of nitrogens with zero attached hydrogens (tertiary/aromatic N) is 1. The lowest BCUT2D eigenvalue weighted by Gasteiger charge is -2.09. The van der Waals surface area contributed by atoms with Crippen molar-refractivity contribution in [3.8, 4) is 0 Å². The minimum Gasteiger partial charge on any atom is -0.444 e. The minimum atomic E-state index is -0.339. The molecule has 2 atom stereocenters. The predicted octanol–water partition coefficient (Wildman–Crippen LogP) is 0.168. The monoisotopic (exact) mass is 155 g/mol. The topological polar surface area (TPSA) is 46.6 Å². The normalized spacial score (nSPS) is 35.9. The number of fused-ring (bicyclic) bond motifs is 1. The van der Waals surface area contributed by atoms with Crippen molar-refractivity contribution in [3.05, 3.63) is 0 Å². The summed E-state index contributed by atoms with van der Waals surface area (Å²) in [7, 11) is 0. The van der Waals surface area contributed by atoms with Crippen LogP contribution in [0.2, 0.25) is 0 Å². The Morgan fingerprint density at radius 1 is 1.55 bits per heavy atom. The van der Waals surface area contributed by atoms with Gasteiger partial charge in [-0.1, -0.05) is 0 Å². The molecule has 0 aliphatic carbocycles. The summed E-state index contributed by atoms with van der Waals surface area (Å²) in [5.41, 5.74) is 0. The fourth-order valence-electron chi connectivity index (χ4n) is 1.70. The van der Waals surface area contributed by atoms with Crippen LogP contribution in [0.25, 0.3) is 0 Å². The second-order valence-corrected chi connectivity index (χ2v) is 2.94. The molecule has 0 aromatic heterocycles. The number of carbonyl (C=O) groups excluding carboxylic acids is 2. The van der Waals surface area contributed by atoms with E-state index >= 15 is 0 Å². The number of ketones is 1. The molecule has 60 valence electrons. The third-order valence-corrected chi connectivity index (χ3v) is 2.23. The summed E-state index contributed by atoms with van der Waals surface area (Å²) in [4.78, 5) is 23.6. The molecule has 0 radical (unpaired) electrons. The zero-order valence-electron chi connectivity index (χ0n) is 6.24. The van der Waals surface area contributed by atoms with E-state index in [1.165, 1.54) is 4.90 Å². The second kappa shape index (κ2) is 1.96. The SMILES string of the molecule is CC1OC(=O)N2CCC(=O)C12. The Kier molecular flexibility index (Phi) is 1.19. The summed E-state index contributed by atoms with van der Waals surface area (Å²) in [6.07, 6.45) is -0.102. The smallest absolute Gasteiger partial charge is 0.410 e. The summed E-state index contributed by atoms with van der Waals surface area (Å²) in [5.74, 6) is 0.128. The van der Waals surface area contributed by atoms with Gasteiger partial charge in [-0.05, 0) is 6.92 Å². The number of rotatable bonds is 0. The van der Waals surface area contributed by atoms with Gasteiger partial charge in [0.05, 0.1) is 0 Å². The molecule has 2 fully saturated rings. The van der Waals surface area contributed by atoms with Crippen LogP contribution in [0.4, 0.5) is 4.79 Å². The van der Waals surface area contributed by atoms with E-state index in [2.05, 4.69) is 0 Å². The lowest BCUT2D eigenvalue weighted by atomic mass is 10.1. The number of Topliss-reactive ketones (excluding diaryl/α,β-unsaturated/α-hetero) is 1. The molecule has 0 bridgehead atoms. The molecule has 11 heavy (non-hydrogen) atoms. The van der Waals surface area contributed by atoms with Crippen molar-refractivity contribution < 1.29 is 14.3 Å². The van der Waals surface area contributed by atoms with Gasteiger partial charge in [-0.25, -0.2) is 4.79 Å². The lowest BCUT2D eigenvalue weighted by Crippen LogP contribution is -2.33. The lowest BCUT2D eigenvalue weighted by molar-refractivity contribution is -0.120. The van der Waals surface area contributed by atoms with E-state index in [9.17, 15) is 9.59 Å². The van der Waals surface area contributed by atoms with E-state index in [-0.39, 0.29) is 24.0 Å². The average Bonchev–Trinajstić information content (AvgIpc) is 2.41. The summed E-state index contributed by atoms with van der Waals surface area (Å²) >= 11 is 0. The zero-order chi connectivity index (χ0) is 8.01. The van der Waals surface area contributed by atoms with Gasteiger partial charge in [0.25, 0.3) is 0 Å². The van der Waals surface area contributed by atoms with Gasteiger partial charge in [-0.3, -0.25) is 9.69 Å². The maximum Gasteiger partial charge on any atom is 0.410 e. The van der Waals surface area contributed by atoms with Gasteiger partial charge in [0.1, 0.15) is 12.1 Å². The first-order valence-corrected chi connectivity index (χ1v) is 3.70. The predicted molar refractivity (Wildman–Crippen MR) is 36.1 cm³/mol. The van der Waals surface area contributed by atoms with Crippen molar-refractivity contribution >= 4 is 11.9 Å². The molecule has 0 saturated carbocycles.